The number of Topliss-reactive ketones (excluding diaryl/α,β-unsaturated/α-hetero) is 1. The van der Waals surface area contributed by atoms with E-state index in [1.165, 1.54) is 18.2 Å². The Bertz CT molecular complexity index is 638. The fraction of sp³-hybridized carbons (Fsp3) is 0.133. The number of ketones is 1. The van der Waals surface area contributed by atoms with Crippen molar-refractivity contribution in [3.8, 4) is 0 Å². The Morgan fingerprint density at radius 1 is 1.11 bits per heavy atom. The van der Waals surface area contributed by atoms with Crippen LogP contribution in [0.15, 0.2) is 36.4 Å². The zero-order chi connectivity index (χ0) is 14.0. The molecule has 0 aromatic heterocycles. The number of halogens is 3. The average Bonchev–Trinajstić information content (AvgIpc) is 2.36. The SMILES string of the molecule is Cc1ccc(C(=O)Cc2ccc(F)cc2Cl)cc1Cl. The van der Waals surface area contributed by atoms with Crippen molar-refractivity contribution in [2.45, 2.75) is 13.3 Å². The number of carbonyl (C=O) groups is 1. The van der Waals surface area contributed by atoms with Crippen molar-refractivity contribution in [3.63, 3.8) is 0 Å². The topological polar surface area (TPSA) is 17.1 Å². The maximum atomic E-state index is 12.9. The van der Waals surface area contributed by atoms with E-state index in [0.29, 0.717) is 16.1 Å². The minimum Gasteiger partial charge on any atom is -0.294 e. The van der Waals surface area contributed by atoms with Gasteiger partial charge in [-0.2, -0.15) is 0 Å². The van der Waals surface area contributed by atoms with Gasteiger partial charge in [-0.25, -0.2) is 4.39 Å². The Balaban J connectivity index is 2.23. The smallest absolute Gasteiger partial charge is 0.167 e. The number of benzene rings is 2. The second kappa shape index (κ2) is 5.72. The van der Waals surface area contributed by atoms with Crippen LogP contribution < -0.4 is 0 Å². The van der Waals surface area contributed by atoms with E-state index in [2.05, 4.69) is 0 Å². The quantitative estimate of drug-likeness (QED) is 0.739. The Morgan fingerprint density at radius 3 is 2.47 bits per heavy atom. The van der Waals surface area contributed by atoms with Gasteiger partial charge in [0.2, 0.25) is 0 Å². The molecule has 19 heavy (non-hydrogen) atoms. The molecule has 0 aliphatic heterocycles. The lowest BCUT2D eigenvalue weighted by atomic mass is 10.0. The van der Waals surface area contributed by atoms with Crippen LogP contribution >= 0.6 is 23.2 Å². The highest BCUT2D eigenvalue weighted by Crippen LogP contribution is 2.21. The normalized spacial score (nSPS) is 10.5. The molecule has 4 heteroatoms. The summed E-state index contributed by atoms with van der Waals surface area (Å²) in [4.78, 5) is 12.1. The summed E-state index contributed by atoms with van der Waals surface area (Å²) in [6.07, 6.45) is 0.124. The molecule has 0 unspecified atom stereocenters. The Morgan fingerprint density at radius 2 is 1.84 bits per heavy atom. The fourth-order valence-corrected chi connectivity index (χ4v) is 2.12. The van der Waals surface area contributed by atoms with Crippen molar-refractivity contribution >= 4 is 29.0 Å². The number of hydrogen-bond donors (Lipinski definition) is 0. The number of rotatable bonds is 3. The molecule has 2 rings (SSSR count). The van der Waals surface area contributed by atoms with Crippen LogP contribution in [0.2, 0.25) is 10.0 Å². The van der Waals surface area contributed by atoms with Gasteiger partial charge in [-0.15, -0.1) is 0 Å². The zero-order valence-electron chi connectivity index (χ0n) is 10.2. The standard InChI is InChI=1S/C15H11Cl2FO/c1-9-2-3-11(6-13(9)16)15(19)7-10-4-5-12(18)8-14(10)17/h2-6,8H,7H2,1H3. The van der Waals surface area contributed by atoms with Crippen LogP contribution in [0, 0.1) is 12.7 Å². The minimum atomic E-state index is -0.417. The summed E-state index contributed by atoms with van der Waals surface area (Å²) in [5.41, 5.74) is 2.04. The van der Waals surface area contributed by atoms with Gasteiger partial charge in [0.1, 0.15) is 5.82 Å². The summed E-state index contributed by atoms with van der Waals surface area (Å²) in [5.74, 6) is -0.519. The lowest BCUT2D eigenvalue weighted by Gasteiger charge is -2.05. The van der Waals surface area contributed by atoms with E-state index >= 15 is 0 Å². The molecule has 0 bridgehead atoms. The third-order valence-electron chi connectivity index (χ3n) is 2.86. The lowest BCUT2D eigenvalue weighted by Crippen LogP contribution is -2.04. The van der Waals surface area contributed by atoms with Crippen molar-refractivity contribution < 1.29 is 9.18 Å². The van der Waals surface area contributed by atoms with E-state index in [1.807, 2.05) is 6.92 Å². The van der Waals surface area contributed by atoms with E-state index in [1.54, 1.807) is 18.2 Å². The molecular weight excluding hydrogens is 286 g/mol. The molecule has 0 atom stereocenters. The van der Waals surface area contributed by atoms with Crippen LogP contribution in [-0.4, -0.2) is 5.78 Å². The highest BCUT2D eigenvalue weighted by Gasteiger charge is 2.11. The molecule has 0 spiro atoms. The predicted octanol–water partition coefficient (Wildman–Crippen LogP) is 4.87. The number of aryl methyl sites for hydroxylation is 1. The van der Waals surface area contributed by atoms with Gasteiger partial charge in [0, 0.05) is 22.0 Å². The molecule has 0 amide bonds. The molecule has 0 N–H and O–H groups in total. The summed E-state index contributed by atoms with van der Waals surface area (Å²) in [6.45, 7) is 1.87. The van der Waals surface area contributed by atoms with Crippen molar-refractivity contribution in [1.29, 1.82) is 0 Å². The molecule has 2 aromatic carbocycles. The van der Waals surface area contributed by atoms with Crippen LogP contribution in [0.25, 0.3) is 0 Å². The number of hydrogen-bond acceptors (Lipinski definition) is 1. The highest BCUT2D eigenvalue weighted by atomic mass is 35.5. The Labute approximate surface area is 121 Å². The van der Waals surface area contributed by atoms with Crippen molar-refractivity contribution in [3.05, 3.63) is 69.0 Å². The molecule has 0 saturated carbocycles. The molecular formula is C15H11Cl2FO. The third kappa shape index (κ3) is 3.34. The van der Waals surface area contributed by atoms with Gasteiger partial charge in [0.25, 0.3) is 0 Å². The Kier molecular flexibility index (Phi) is 4.23. The third-order valence-corrected chi connectivity index (χ3v) is 3.62. The van der Waals surface area contributed by atoms with Gasteiger partial charge < -0.3 is 0 Å². The summed E-state index contributed by atoms with van der Waals surface area (Å²) in [5, 5.41) is 0.808. The molecule has 0 heterocycles. The minimum absolute atomic E-state index is 0.101. The van der Waals surface area contributed by atoms with E-state index in [9.17, 15) is 9.18 Å². The predicted molar refractivity (Wildman–Crippen MR) is 75.6 cm³/mol. The van der Waals surface area contributed by atoms with E-state index < -0.39 is 5.82 Å². The average molecular weight is 297 g/mol. The van der Waals surface area contributed by atoms with Gasteiger partial charge in [0.15, 0.2) is 5.78 Å². The molecule has 0 aliphatic carbocycles. The first kappa shape index (κ1) is 14.0. The van der Waals surface area contributed by atoms with E-state index in [-0.39, 0.29) is 17.2 Å². The highest BCUT2D eigenvalue weighted by molar-refractivity contribution is 6.32. The van der Waals surface area contributed by atoms with E-state index in [4.69, 9.17) is 23.2 Å². The second-order valence-corrected chi connectivity index (χ2v) is 5.11. The van der Waals surface area contributed by atoms with Gasteiger partial charge in [-0.1, -0.05) is 41.4 Å². The maximum Gasteiger partial charge on any atom is 0.167 e. The second-order valence-electron chi connectivity index (χ2n) is 4.30. The van der Waals surface area contributed by atoms with Crippen molar-refractivity contribution in [2.75, 3.05) is 0 Å². The van der Waals surface area contributed by atoms with Gasteiger partial charge >= 0.3 is 0 Å². The molecule has 0 radical (unpaired) electrons. The van der Waals surface area contributed by atoms with Gasteiger partial charge in [-0.05, 0) is 36.2 Å². The molecule has 1 nitrogen and oxygen atoms in total. The summed E-state index contributed by atoms with van der Waals surface area (Å²) < 4.78 is 12.9. The zero-order valence-corrected chi connectivity index (χ0v) is 11.7. The molecule has 0 aliphatic rings. The molecule has 0 saturated heterocycles. The molecule has 0 fully saturated rings. The van der Waals surface area contributed by atoms with Crippen LogP contribution in [-0.2, 0) is 6.42 Å². The number of carbonyl (C=O) groups excluding carboxylic acids is 1. The first-order valence-electron chi connectivity index (χ1n) is 5.70. The summed E-state index contributed by atoms with van der Waals surface area (Å²) in [6, 6.07) is 9.16. The monoisotopic (exact) mass is 296 g/mol. The molecule has 98 valence electrons. The van der Waals surface area contributed by atoms with Gasteiger partial charge in [0.05, 0.1) is 0 Å². The van der Waals surface area contributed by atoms with Crippen molar-refractivity contribution in [1.82, 2.24) is 0 Å². The summed E-state index contributed by atoms with van der Waals surface area (Å²) >= 11 is 11.9. The first-order chi connectivity index (χ1) is 8.97. The van der Waals surface area contributed by atoms with E-state index in [0.717, 1.165) is 5.56 Å². The van der Waals surface area contributed by atoms with Crippen LogP contribution in [0.1, 0.15) is 21.5 Å². The summed E-state index contributed by atoms with van der Waals surface area (Å²) in [7, 11) is 0. The largest absolute Gasteiger partial charge is 0.294 e. The first-order valence-corrected chi connectivity index (χ1v) is 6.46. The van der Waals surface area contributed by atoms with Gasteiger partial charge in [-0.3, -0.25) is 4.79 Å². The van der Waals surface area contributed by atoms with Crippen molar-refractivity contribution in [2.24, 2.45) is 0 Å². The van der Waals surface area contributed by atoms with Crippen LogP contribution in [0.3, 0.4) is 0 Å². The van der Waals surface area contributed by atoms with Crippen LogP contribution in [0.4, 0.5) is 4.39 Å². The van der Waals surface area contributed by atoms with Crippen LogP contribution in [0.5, 0.6) is 0 Å². The lowest BCUT2D eigenvalue weighted by molar-refractivity contribution is 0.0993. The molecule has 2 aromatic rings. The Hall–Kier alpha value is -1.38. The fourth-order valence-electron chi connectivity index (χ4n) is 1.71. The maximum absolute atomic E-state index is 12.9.